The molecule has 0 saturated heterocycles. The third kappa shape index (κ3) is 3.12. The molecule has 0 spiro atoms. The molecule has 3 aromatic rings. The van der Waals surface area contributed by atoms with Crippen LogP contribution in [0.25, 0.3) is 11.2 Å². The van der Waals surface area contributed by atoms with Crippen molar-refractivity contribution in [3.8, 4) is 0 Å². The van der Waals surface area contributed by atoms with Crippen molar-refractivity contribution in [3.05, 3.63) is 70.0 Å². The zero-order chi connectivity index (χ0) is 18.1. The van der Waals surface area contributed by atoms with Gasteiger partial charge in [-0.3, -0.25) is 9.36 Å². The highest BCUT2D eigenvalue weighted by Crippen LogP contribution is 2.24. The Labute approximate surface area is 152 Å². The summed E-state index contributed by atoms with van der Waals surface area (Å²) in [7, 11) is 0. The molecule has 2 aromatic heterocycles. The molecule has 0 bridgehead atoms. The minimum absolute atomic E-state index is 0.0646. The maximum Gasteiger partial charge on any atom is 0.338 e. The summed E-state index contributed by atoms with van der Waals surface area (Å²) in [5.41, 5.74) is 0.755. The van der Waals surface area contributed by atoms with Gasteiger partial charge in [-0.2, -0.15) is 0 Å². The van der Waals surface area contributed by atoms with Gasteiger partial charge in [0.25, 0.3) is 5.56 Å². The summed E-state index contributed by atoms with van der Waals surface area (Å²) in [5.74, 6) is -0.455. The molecule has 0 fully saturated rings. The van der Waals surface area contributed by atoms with Crippen molar-refractivity contribution in [1.82, 2.24) is 19.5 Å². The molecular weight excluding hydrogens is 360 g/mol. The normalized spacial score (nSPS) is 19.1. The summed E-state index contributed by atoms with van der Waals surface area (Å²) in [5, 5.41) is 0.548. The highest BCUT2D eigenvalue weighted by atomic mass is 35.5. The Balaban J connectivity index is 1.40. The molecule has 0 aliphatic carbocycles. The second kappa shape index (κ2) is 6.74. The molecule has 1 aliphatic heterocycles. The van der Waals surface area contributed by atoms with E-state index < -0.39 is 18.3 Å². The summed E-state index contributed by atoms with van der Waals surface area (Å²) in [6.07, 6.45) is 5.50. The van der Waals surface area contributed by atoms with E-state index in [0.717, 1.165) is 0 Å². The van der Waals surface area contributed by atoms with Crippen LogP contribution in [0.2, 0.25) is 5.02 Å². The Morgan fingerprint density at radius 3 is 2.88 bits per heavy atom. The van der Waals surface area contributed by atoms with Crippen LogP contribution in [0, 0.1) is 0 Å². The molecule has 0 unspecified atom stereocenters. The van der Waals surface area contributed by atoms with Gasteiger partial charge in [0.15, 0.2) is 17.4 Å². The number of ether oxygens (including phenoxy) is 2. The predicted molar refractivity (Wildman–Crippen MR) is 92.9 cm³/mol. The average Bonchev–Trinajstić information content (AvgIpc) is 3.27. The molecule has 9 heteroatoms. The fourth-order valence-corrected chi connectivity index (χ4v) is 2.74. The number of esters is 1. The number of fused-ring (bicyclic) bond motifs is 1. The van der Waals surface area contributed by atoms with Gasteiger partial charge in [0.1, 0.15) is 12.7 Å². The average molecular weight is 373 g/mol. The van der Waals surface area contributed by atoms with Crippen LogP contribution in [0.4, 0.5) is 0 Å². The topological polar surface area (TPSA) is 99.1 Å². The van der Waals surface area contributed by atoms with Gasteiger partial charge < -0.3 is 14.5 Å². The maximum atomic E-state index is 12.0. The monoisotopic (exact) mass is 372 g/mol. The number of hydrogen-bond donors (Lipinski definition) is 1. The number of carbonyl (C=O) groups excluding carboxylic acids is 1. The minimum atomic E-state index is -0.478. The van der Waals surface area contributed by atoms with E-state index in [0.29, 0.717) is 16.2 Å². The number of hydrogen-bond acceptors (Lipinski definition) is 6. The van der Waals surface area contributed by atoms with Crippen molar-refractivity contribution in [2.45, 2.75) is 12.3 Å². The lowest BCUT2D eigenvalue weighted by Gasteiger charge is -2.15. The molecule has 26 heavy (non-hydrogen) atoms. The van der Waals surface area contributed by atoms with E-state index in [4.69, 9.17) is 21.1 Å². The number of aromatic nitrogens is 4. The van der Waals surface area contributed by atoms with E-state index in [2.05, 4.69) is 15.0 Å². The Morgan fingerprint density at radius 1 is 1.27 bits per heavy atom. The highest BCUT2D eigenvalue weighted by molar-refractivity contribution is 6.30. The molecule has 132 valence electrons. The number of aromatic amines is 1. The van der Waals surface area contributed by atoms with E-state index in [1.54, 1.807) is 41.0 Å². The maximum absolute atomic E-state index is 12.0. The van der Waals surface area contributed by atoms with Crippen LogP contribution >= 0.6 is 11.6 Å². The lowest BCUT2D eigenvalue weighted by atomic mass is 10.2. The number of nitrogens with one attached hydrogen (secondary N) is 1. The first-order chi connectivity index (χ1) is 12.6. The first-order valence-corrected chi connectivity index (χ1v) is 8.16. The second-order valence-electron chi connectivity index (χ2n) is 5.61. The first kappa shape index (κ1) is 16.5. The SMILES string of the molecule is O=C(OC[C@@H]1C=C[C@H](n2cnc3c(=O)[nH]cnc32)O1)c1ccc(Cl)cc1. The fraction of sp³-hybridized carbons (Fsp3) is 0.176. The van der Waals surface area contributed by atoms with Gasteiger partial charge in [-0.05, 0) is 30.3 Å². The van der Waals surface area contributed by atoms with E-state index in [-0.39, 0.29) is 17.7 Å². The van der Waals surface area contributed by atoms with Crippen LogP contribution in [-0.4, -0.2) is 38.2 Å². The number of carbonyl (C=O) groups is 1. The number of benzene rings is 1. The van der Waals surface area contributed by atoms with Crippen molar-refractivity contribution in [3.63, 3.8) is 0 Å². The lowest BCUT2D eigenvalue weighted by molar-refractivity contribution is -0.0194. The zero-order valence-corrected chi connectivity index (χ0v) is 14.1. The highest BCUT2D eigenvalue weighted by Gasteiger charge is 2.24. The van der Waals surface area contributed by atoms with Gasteiger partial charge in [-0.15, -0.1) is 0 Å². The standard InChI is InChI=1S/C17H13ClN4O4/c18-11-3-1-10(2-4-11)17(24)25-7-12-5-6-13(26-12)22-9-21-14-15(22)19-8-20-16(14)23/h1-6,8-9,12-13H,7H2,(H,19,20,23)/t12-,13+/m0/s1. The summed E-state index contributed by atoms with van der Waals surface area (Å²) < 4.78 is 12.7. The summed E-state index contributed by atoms with van der Waals surface area (Å²) in [6.45, 7) is 0.0646. The molecule has 3 heterocycles. The quantitative estimate of drug-likeness (QED) is 0.556. The smallest absolute Gasteiger partial charge is 0.338 e. The molecule has 8 nitrogen and oxygen atoms in total. The molecule has 1 N–H and O–H groups in total. The molecule has 2 atom stereocenters. The van der Waals surface area contributed by atoms with Gasteiger partial charge in [0.05, 0.1) is 18.2 Å². The predicted octanol–water partition coefficient (Wildman–Crippen LogP) is 2.08. The third-order valence-electron chi connectivity index (χ3n) is 3.90. The van der Waals surface area contributed by atoms with E-state index in [1.807, 2.05) is 0 Å². The first-order valence-electron chi connectivity index (χ1n) is 7.78. The number of halogens is 1. The van der Waals surface area contributed by atoms with Crippen molar-refractivity contribution in [2.75, 3.05) is 6.61 Å². The van der Waals surface area contributed by atoms with Crippen LogP contribution in [0.5, 0.6) is 0 Å². The van der Waals surface area contributed by atoms with Gasteiger partial charge >= 0.3 is 5.97 Å². The molecule has 0 saturated carbocycles. The van der Waals surface area contributed by atoms with Crippen LogP contribution in [0.15, 0.2) is 53.9 Å². The molecule has 0 radical (unpaired) electrons. The van der Waals surface area contributed by atoms with Gasteiger partial charge in [-0.25, -0.2) is 14.8 Å². The Kier molecular flexibility index (Phi) is 4.27. The Morgan fingerprint density at radius 2 is 2.08 bits per heavy atom. The third-order valence-corrected chi connectivity index (χ3v) is 4.15. The largest absolute Gasteiger partial charge is 0.459 e. The summed E-state index contributed by atoms with van der Waals surface area (Å²) in [4.78, 5) is 34.4. The van der Waals surface area contributed by atoms with Crippen molar-refractivity contribution >= 4 is 28.7 Å². The Bertz CT molecular complexity index is 1040. The number of rotatable bonds is 4. The van der Waals surface area contributed by atoms with Crippen LogP contribution in [0.3, 0.4) is 0 Å². The molecule has 1 aromatic carbocycles. The van der Waals surface area contributed by atoms with Crippen LogP contribution in [-0.2, 0) is 9.47 Å². The van der Waals surface area contributed by atoms with E-state index >= 15 is 0 Å². The van der Waals surface area contributed by atoms with Gasteiger partial charge in [-0.1, -0.05) is 17.7 Å². The van der Waals surface area contributed by atoms with Gasteiger partial charge in [0, 0.05) is 5.02 Å². The molecule has 1 aliphatic rings. The summed E-state index contributed by atoms with van der Waals surface area (Å²) in [6, 6.07) is 6.44. The second-order valence-corrected chi connectivity index (χ2v) is 6.05. The minimum Gasteiger partial charge on any atom is -0.459 e. The molecular formula is C17H13ClN4O4. The van der Waals surface area contributed by atoms with E-state index in [1.165, 1.54) is 12.7 Å². The van der Waals surface area contributed by atoms with Crippen molar-refractivity contribution < 1.29 is 14.3 Å². The van der Waals surface area contributed by atoms with Crippen LogP contribution in [0.1, 0.15) is 16.6 Å². The number of imidazole rings is 1. The summed E-state index contributed by atoms with van der Waals surface area (Å²) >= 11 is 5.80. The number of nitrogens with zero attached hydrogens (tertiary/aromatic N) is 3. The van der Waals surface area contributed by atoms with E-state index in [9.17, 15) is 9.59 Å². The van der Waals surface area contributed by atoms with Gasteiger partial charge in [0.2, 0.25) is 0 Å². The van der Waals surface area contributed by atoms with Crippen LogP contribution < -0.4 is 5.56 Å². The number of H-pyrrole nitrogens is 1. The molecule has 0 amide bonds. The Hall–Kier alpha value is -2.97. The molecule has 4 rings (SSSR count). The van der Waals surface area contributed by atoms with Crippen molar-refractivity contribution in [1.29, 1.82) is 0 Å². The lowest BCUT2D eigenvalue weighted by Crippen LogP contribution is -2.20. The zero-order valence-electron chi connectivity index (χ0n) is 13.3. The van der Waals surface area contributed by atoms with Crippen molar-refractivity contribution in [2.24, 2.45) is 0 Å². The fourth-order valence-electron chi connectivity index (χ4n) is 2.62.